The van der Waals surface area contributed by atoms with Crippen molar-refractivity contribution in [2.24, 2.45) is 0 Å². The van der Waals surface area contributed by atoms with Crippen molar-refractivity contribution >= 4 is 34.4 Å². The first-order valence-electron chi connectivity index (χ1n) is 7.28. The zero-order valence-electron chi connectivity index (χ0n) is 12.8. The highest BCUT2D eigenvalue weighted by molar-refractivity contribution is 6.30. The third-order valence-electron chi connectivity index (χ3n) is 3.55. The van der Waals surface area contributed by atoms with Crippen LogP contribution >= 0.6 is 11.6 Å². The molecular formula is C17H13ClN2O5. The molecule has 0 amide bonds. The minimum atomic E-state index is -2.03. The lowest BCUT2D eigenvalue weighted by Gasteiger charge is -2.08. The summed E-state index contributed by atoms with van der Waals surface area (Å²) in [7, 11) is 0. The predicted molar refractivity (Wildman–Crippen MR) is 90.0 cm³/mol. The summed E-state index contributed by atoms with van der Waals surface area (Å²) in [5, 5.41) is 23.4. The van der Waals surface area contributed by atoms with E-state index in [-0.39, 0.29) is 5.88 Å². The van der Waals surface area contributed by atoms with E-state index in [1.807, 2.05) is 12.1 Å². The third kappa shape index (κ3) is 3.56. The number of benzene rings is 2. The third-order valence-corrected chi connectivity index (χ3v) is 3.80. The van der Waals surface area contributed by atoms with Gasteiger partial charge in [-0.15, -0.1) is 5.10 Å². The normalized spacial score (nSPS) is 11.0. The van der Waals surface area contributed by atoms with E-state index in [0.29, 0.717) is 22.5 Å². The number of para-hydroxylation sites is 1. The summed E-state index contributed by atoms with van der Waals surface area (Å²) in [6.07, 6.45) is -2.03. The molecular weight excluding hydrogens is 348 g/mol. The zero-order chi connectivity index (χ0) is 18.0. The van der Waals surface area contributed by atoms with Crippen molar-refractivity contribution in [2.45, 2.75) is 12.6 Å². The minimum Gasteiger partial charge on any atom is -0.478 e. The minimum absolute atomic E-state index is 0.0423. The van der Waals surface area contributed by atoms with Gasteiger partial charge in [0.05, 0.1) is 17.4 Å². The molecule has 0 radical (unpaired) electrons. The highest BCUT2D eigenvalue weighted by Gasteiger charge is 2.30. The molecule has 3 rings (SSSR count). The quantitative estimate of drug-likeness (QED) is 0.655. The largest absolute Gasteiger partial charge is 0.478 e. The molecule has 3 aromatic rings. The Labute approximate surface area is 147 Å². The monoisotopic (exact) mass is 360 g/mol. The predicted octanol–water partition coefficient (Wildman–Crippen LogP) is 2.65. The summed E-state index contributed by atoms with van der Waals surface area (Å²) in [4.78, 5) is 22.1. The Bertz CT molecular complexity index is 922. The van der Waals surface area contributed by atoms with Gasteiger partial charge in [0.2, 0.25) is 5.88 Å². The first-order chi connectivity index (χ1) is 12.0. The number of hydrogen-bond acceptors (Lipinski definition) is 4. The number of rotatable bonds is 6. The van der Waals surface area contributed by atoms with Crippen LogP contribution in [-0.2, 0) is 16.1 Å². The lowest BCUT2D eigenvalue weighted by Crippen LogP contribution is -2.35. The van der Waals surface area contributed by atoms with Crippen LogP contribution in [0.3, 0.4) is 0 Å². The fourth-order valence-corrected chi connectivity index (χ4v) is 2.51. The van der Waals surface area contributed by atoms with Gasteiger partial charge in [0.15, 0.2) is 0 Å². The van der Waals surface area contributed by atoms with Crippen molar-refractivity contribution < 1.29 is 24.5 Å². The fourth-order valence-electron chi connectivity index (χ4n) is 2.39. The Balaban J connectivity index is 1.99. The van der Waals surface area contributed by atoms with E-state index >= 15 is 0 Å². The molecule has 0 saturated heterocycles. The molecule has 0 aliphatic rings. The first-order valence-corrected chi connectivity index (χ1v) is 7.66. The molecule has 0 atom stereocenters. The van der Waals surface area contributed by atoms with Crippen molar-refractivity contribution in [3.63, 3.8) is 0 Å². The molecule has 2 aromatic carbocycles. The van der Waals surface area contributed by atoms with Crippen LogP contribution in [0.15, 0.2) is 48.5 Å². The van der Waals surface area contributed by atoms with Gasteiger partial charge in [-0.25, -0.2) is 9.59 Å². The first kappa shape index (κ1) is 16.8. The van der Waals surface area contributed by atoms with E-state index in [2.05, 4.69) is 5.10 Å². The van der Waals surface area contributed by atoms with E-state index in [0.717, 1.165) is 5.56 Å². The Hall–Kier alpha value is -3.06. The molecule has 7 nitrogen and oxygen atoms in total. The molecule has 0 spiro atoms. The fraction of sp³-hybridized carbons (Fsp3) is 0.118. The van der Waals surface area contributed by atoms with Crippen LogP contribution in [0.25, 0.3) is 10.9 Å². The smallest absolute Gasteiger partial charge is 0.356 e. The standard InChI is InChI=1S/C17H13ClN2O5/c18-11-7-5-10(6-8-11)9-20-13-4-2-1-3-12(13)15(19-20)25-14(16(21)22)17(23)24/h1-8,14H,9H2,(H,21,22)(H,23,24). The summed E-state index contributed by atoms with van der Waals surface area (Å²) < 4.78 is 6.76. The Morgan fingerprint density at radius 3 is 2.36 bits per heavy atom. The Morgan fingerprint density at radius 2 is 1.72 bits per heavy atom. The molecule has 1 aromatic heterocycles. The average Bonchev–Trinajstić information content (AvgIpc) is 2.92. The molecule has 0 aliphatic carbocycles. The van der Waals surface area contributed by atoms with E-state index < -0.39 is 18.0 Å². The lowest BCUT2D eigenvalue weighted by molar-refractivity contribution is -0.159. The van der Waals surface area contributed by atoms with Gasteiger partial charge in [-0.2, -0.15) is 0 Å². The SMILES string of the molecule is O=C(O)C(Oc1nn(Cc2ccc(Cl)cc2)c2ccccc12)C(=O)O. The van der Waals surface area contributed by atoms with Crippen molar-refractivity contribution in [3.8, 4) is 5.88 Å². The van der Waals surface area contributed by atoms with Crippen molar-refractivity contribution in [2.75, 3.05) is 0 Å². The number of carbonyl (C=O) groups is 2. The number of hydrogen-bond donors (Lipinski definition) is 2. The highest BCUT2D eigenvalue weighted by atomic mass is 35.5. The van der Waals surface area contributed by atoms with Gasteiger partial charge in [0.1, 0.15) is 0 Å². The number of carboxylic acid groups (broad SMARTS) is 2. The van der Waals surface area contributed by atoms with E-state index in [1.54, 1.807) is 41.1 Å². The molecule has 25 heavy (non-hydrogen) atoms. The maximum Gasteiger partial charge on any atom is 0.356 e. The molecule has 2 N–H and O–H groups in total. The molecule has 0 aliphatic heterocycles. The maximum absolute atomic E-state index is 11.1. The second-order valence-corrected chi connectivity index (χ2v) is 5.72. The Kier molecular flexibility index (Phi) is 4.58. The molecule has 0 saturated carbocycles. The molecule has 1 heterocycles. The van der Waals surface area contributed by atoms with E-state index in [9.17, 15) is 9.59 Å². The molecule has 0 bridgehead atoms. The summed E-state index contributed by atoms with van der Waals surface area (Å²) in [5.41, 5.74) is 1.62. The number of aliphatic carboxylic acids is 2. The van der Waals surface area contributed by atoms with Crippen LogP contribution in [0.1, 0.15) is 5.56 Å². The number of carboxylic acids is 2. The van der Waals surface area contributed by atoms with Crippen LogP contribution in [0.4, 0.5) is 0 Å². The van der Waals surface area contributed by atoms with Gasteiger partial charge in [-0.1, -0.05) is 35.9 Å². The van der Waals surface area contributed by atoms with Gasteiger partial charge in [-0.05, 0) is 29.8 Å². The summed E-state index contributed by atoms with van der Waals surface area (Å²) in [6, 6.07) is 14.2. The van der Waals surface area contributed by atoms with E-state index in [1.165, 1.54) is 0 Å². The maximum atomic E-state index is 11.1. The van der Waals surface area contributed by atoms with Gasteiger partial charge >= 0.3 is 11.9 Å². The summed E-state index contributed by atoms with van der Waals surface area (Å²) in [5.74, 6) is -3.23. The Morgan fingerprint density at radius 1 is 1.08 bits per heavy atom. The van der Waals surface area contributed by atoms with Gasteiger partial charge in [0, 0.05) is 5.02 Å². The molecule has 8 heteroatoms. The van der Waals surface area contributed by atoms with Crippen molar-refractivity contribution in [3.05, 3.63) is 59.1 Å². The highest BCUT2D eigenvalue weighted by Crippen LogP contribution is 2.26. The van der Waals surface area contributed by atoms with E-state index in [4.69, 9.17) is 26.6 Å². The topological polar surface area (TPSA) is 102 Å². The van der Waals surface area contributed by atoms with Crippen LogP contribution < -0.4 is 4.74 Å². The second kappa shape index (κ2) is 6.82. The van der Waals surface area contributed by atoms with Crippen LogP contribution in [0.2, 0.25) is 5.02 Å². The average molecular weight is 361 g/mol. The number of nitrogens with zero attached hydrogens (tertiary/aromatic N) is 2. The van der Waals surface area contributed by atoms with Crippen LogP contribution in [0.5, 0.6) is 5.88 Å². The zero-order valence-corrected chi connectivity index (χ0v) is 13.6. The van der Waals surface area contributed by atoms with Gasteiger partial charge in [0.25, 0.3) is 6.10 Å². The van der Waals surface area contributed by atoms with Gasteiger partial charge in [-0.3, -0.25) is 4.68 Å². The summed E-state index contributed by atoms with van der Waals surface area (Å²) in [6.45, 7) is 0.395. The summed E-state index contributed by atoms with van der Waals surface area (Å²) >= 11 is 5.88. The lowest BCUT2D eigenvalue weighted by atomic mass is 10.2. The van der Waals surface area contributed by atoms with Crippen LogP contribution in [-0.4, -0.2) is 38.0 Å². The molecule has 0 fully saturated rings. The van der Waals surface area contributed by atoms with Crippen molar-refractivity contribution in [1.29, 1.82) is 0 Å². The van der Waals surface area contributed by atoms with Crippen molar-refractivity contribution in [1.82, 2.24) is 9.78 Å². The molecule has 0 unspecified atom stereocenters. The number of aromatic nitrogens is 2. The number of ether oxygens (including phenoxy) is 1. The van der Waals surface area contributed by atoms with Crippen LogP contribution in [0, 0.1) is 0 Å². The van der Waals surface area contributed by atoms with Gasteiger partial charge < -0.3 is 14.9 Å². The number of halogens is 1. The molecule has 128 valence electrons. The second-order valence-electron chi connectivity index (χ2n) is 5.28. The number of fused-ring (bicyclic) bond motifs is 1.